The van der Waals surface area contributed by atoms with Crippen LogP contribution in [0.3, 0.4) is 0 Å². The third-order valence-corrected chi connectivity index (χ3v) is 6.51. The molecule has 0 radical (unpaired) electrons. The molecule has 2 aliphatic heterocycles. The Bertz CT molecular complexity index is 1190. The van der Waals surface area contributed by atoms with Gasteiger partial charge in [0.2, 0.25) is 5.95 Å². The molecule has 38 heavy (non-hydrogen) atoms. The number of carbonyl (C=O) groups excluding carboxylic acids is 1. The van der Waals surface area contributed by atoms with Crippen molar-refractivity contribution in [3.8, 4) is 5.75 Å². The molecule has 0 unspecified atom stereocenters. The Balaban J connectivity index is 1.12. The number of nitrogens with one attached hydrogen (secondary N) is 2. The normalized spacial score (nSPS) is 15.9. The number of ether oxygens (including phenoxy) is 2. The summed E-state index contributed by atoms with van der Waals surface area (Å²) in [6.45, 7) is 9.93. The van der Waals surface area contributed by atoms with E-state index in [0.29, 0.717) is 32.1 Å². The van der Waals surface area contributed by atoms with Crippen molar-refractivity contribution in [2.24, 2.45) is 0 Å². The van der Waals surface area contributed by atoms with Crippen LogP contribution in [-0.2, 0) is 4.74 Å². The molecule has 2 amide bonds. The Morgan fingerprint density at radius 2 is 1.55 bits per heavy atom. The van der Waals surface area contributed by atoms with Gasteiger partial charge in [-0.05, 0) is 68.4 Å². The largest absolute Gasteiger partial charge is 0.491 e. The number of piperazine rings is 1. The lowest BCUT2D eigenvalue weighted by Crippen LogP contribution is -2.50. The van der Waals surface area contributed by atoms with Crippen LogP contribution in [0.4, 0.5) is 33.6 Å². The molecule has 2 aliphatic rings. The molecule has 3 heterocycles. The summed E-state index contributed by atoms with van der Waals surface area (Å²) >= 11 is 0. The van der Waals surface area contributed by atoms with E-state index in [1.807, 2.05) is 61.2 Å². The summed E-state index contributed by atoms with van der Waals surface area (Å²) < 4.78 is 11.1. The number of aromatic nitrogens is 2. The second-order valence-corrected chi connectivity index (χ2v) is 9.60. The number of hydrogen-bond acceptors (Lipinski definition) is 8. The smallest absolute Gasteiger partial charge is 0.321 e. The van der Waals surface area contributed by atoms with Crippen molar-refractivity contribution in [1.82, 2.24) is 14.9 Å². The number of hydrogen-bond donors (Lipinski definition) is 2. The maximum absolute atomic E-state index is 12.8. The van der Waals surface area contributed by atoms with Crippen molar-refractivity contribution in [3.63, 3.8) is 0 Å². The average Bonchev–Trinajstić information content (AvgIpc) is 2.95. The van der Waals surface area contributed by atoms with Gasteiger partial charge in [-0.2, -0.15) is 4.98 Å². The van der Waals surface area contributed by atoms with E-state index in [1.54, 1.807) is 6.20 Å². The number of urea groups is 1. The zero-order valence-corrected chi connectivity index (χ0v) is 22.0. The molecule has 1 aromatic heterocycles. The van der Waals surface area contributed by atoms with E-state index in [-0.39, 0.29) is 12.1 Å². The molecule has 2 saturated heterocycles. The van der Waals surface area contributed by atoms with Crippen LogP contribution in [0.25, 0.3) is 0 Å². The first-order valence-corrected chi connectivity index (χ1v) is 13.1. The highest BCUT2D eigenvalue weighted by Gasteiger charge is 2.22. The van der Waals surface area contributed by atoms with Crippen molar-refractivity contribution in [2.75, 3.05) is 72.9 Å². The third kappa shape index (κ3) is 6.63. The van der Waals surface area contributed by atoms with Crippen molar-refractivity contribution in [2.45, 2.75) is 20.0 Å². The zero-order chi connectivity index (χ0) is 26.3. The van der Waals surface area contributed by atoms with Crippen molar-refractivity contribution in [3.05, 3.63) is 60.8 Å². The van der Waals surface area contributed by atoms with E-state index >= 15 is 0 Å². The zero-order valence-electron chi connectivity index (χ0n) is 22.0. The molecule has 10 nitrogen and oxygen atoms in total. The van der Waals surface area contributed by atoms with E-state index in [2.05, 4.69) is 37.6 Å². The lowest BCUT2D eigenvalue weighted by molar-refractivity contribution is 0.122. The molecule has 2 N–H and O–H groups in total. The van der Waals surface area contributed by atoms with Gasteiger partial charge in [0.15, 0.2) is 0 Å². The molecule has 2 fully saturated rings. The summed E-state index contributed by atoms with van der Waals surface area (Å²) in [7, 11) is 0. The summed E-state index contributed by atoms with van der Waals surface area (Å²) in [6.07, 6.45) is 1.87. The molecule has 3 aromatic rings. The summed E-state index contributed by atoms with van der Waals surface area (Å²) in [5.74, 6) is 2.18. The van der Waals surface area contributed by atoms with E-state index in [1.165, 1.54) is 5.69 Å². The van der Waals surface area contributed by atoms with Crippen LogP contribution in [0.15, 0.2) is 60.8 Å². The highest BCUT2D eigenvalue weighted by atomic mass is 16.5. The Morgan fingerprint density at radius 1 is 0.868 bits per heavy atom. The minimum absolute atomic E-state index is 0.104. The van der Waals surface area contributed by atoms with Crippen molar-refractivity contribution >= 4 is 34.9 Å². The molecule has 0 aliphatic carbocycles. The minimum atomic E-state index is -0.104. The van der Waals surface area contributed by atoms with Gasteiger partial charge in [-0.15, -0.1) is 0 Å². The van der Waals surface area contributed by atoms with E-state index < -0.39 is 0 Å². The Labute approximate surface area is 223 Å². The molecular weight excluding hydrogens is 482 g/mol. The van der Waals surface area contributed by atoms with E-state index in [9.17, 15) is 4.79 Å². The number of rotatable bonds is 7. The SMILES string of the molecule is CC(C)Oc1ccc(NC(=O)N2CCN(c3ccnc(Nc4ccc(N5CCOCC5)cc4)n3)CC2)cc1. The first kappa shape index (κ1) is 25.6. The summed E-state index contributed by atoms with van der Waals surface area (Å²) in [6, 6.07) is 17.6. The standard InChI is InChI=1S/C28H35N7O3/c1-21(2)38-25-9-5-23(6-10-25)31-28(36)35-15-13-34(14-16-35)26-11-12-29-27(32-26)30-22-3-7-24(8-4-22)33-17-19-37-20-18-33/h3-12,21H,13-20H2,1-2H3,(H,31,36)(H,29,30,32). The van der Waals surface area contributed by atoms with Gasteiger partial charge in [0.1, 0.15) is 11.6 Å². The van der Waals surface area contributed by atoms with Crippen LogP contribution in [0.5, 0.6) is 5.75 Å². The Morgan fingerprint density at radius 3 is 2.24 bits per heavy atom. The monoisotopic (exact) mass is 517 g/mol. The topological polar surface area (TPSA) is 95.1 Å². The molecular formula is C28H35N7O3. The van der Waals surface area contributed by atoms with Crippen LogP contribution in [0.2, 0.25) is 0 Å². The molecule has 200 valence electrons. The maximum Gasteiger partial charge on any atom is 0.321 e. The fraction of sp³-hybridized carbons (Fsp3) is 0.393. The molecule has 0 atom stereocenters. The second-order valence-electron chi connectivity index (χ2n) is 9.60. The predicted molar refractivity (Wildman–Crippen MR) is 150 cm³/mol. The summed E-state index contributed by atoms with van der Waals surface area (Å²) in [5, 5.41) is 6.28. The minimum Gasteiger partial charge on any atom is -0.491 e. The second kappa shape index (κ2) is 12.0. The van der Waals surface area contributed by atoms with Gasteiger partial charge in [-0.25, -0.2) is 9.78 Å². The van der Waals surface area contributed by atoms with Crippen LogP contribution in [0, 0.1) is 0 Å². The fourth-order valence-corrected chi connectivity index (χ4v) is 4.52. The number of carbonyl (C=O) groups is 1. The molecule has 0 bridgehead atoms. The quantitative estimate of drug-likeness (QED) is 0.482. The number of morpholine rings is 1. The van der Waals surface area contributed by atoms with Gasteiger partial charge < -0.3 is 34.8 Å². The van der Waals surface area contributed by atoms with Gasteiger partial charge in [0, 0.05) is 62.5 Å². The molecule has 0 saturated carbocycles. The van der Waals surface area contributed by atoms with Crippen LogP contribution in [-0.4, -0.2) is 79.5 Å². The number of amides is 2. The Kier molecular flexibility index (Phi) is 8.08. The molecule has 5 rings (SSSR count). The van der Waals surface area contributed by atoms with Gasteiger partial charge in [-0.3, -0.25) is 0 Å². The van der Waals surface area contributed by atoms with E-state index in [0.717, 1.165) is 49.2 Å². The van der Waals surface area contributed by atoms with Gasteiger partial charge in [0.25, 0.3) is 0 Å². The fourth-order valence-electron chi connectivity index (χ4n) is 4.52. The van der Waals surface area contributed by atoms with Crippen molar-refractivity contribution < 1.29 is 14.3 Å². The van der Waals surface area contributed by atoms with Crippen LogP contribution in [0.1, 0.15) is 13.8 Å². The van der Waals surface area contributed by atoms with Gasteiger partial charge >= 0.3 is 6.03 Å². The van der Waals surface area contributed by atoms with Crippen LogP contribution >= 0.6 is 0 Å². The Hall–Kier alpha value is -4.05. The maximum atomic E-state index is 12.8. The first-order chi connectivity index (χ1) is 18.5. The molecule has 10 heteroatoms. The number of anilines is 5. The van der Waals surface area contributed by atoms with Gasteiger partial charge in [0.05, 0.1) is 19.3 Å². The highest BCUT2D eigenvalue weighted by Crippen LogP contribution is 2.22. The number of benzene rings is 2. The van der Waals surface area contributed by atoms with Crippen LogP contribution < -0.4 is 25.2 Å². The van der Waals surface area contributed by atoms with Gasteiger partial charge in [-0.1, -0.05) is 0 Å². The molecule has 0 spiro atoms. The predicted octanol–water partition coefficient (Wildman–Crippen LogP) is 4.20. The third-order valence-electron chi connectivity index (χ3n) is 6.51. The summed E-state index contributed by atoms with van der Waals surface area (Å²) in [5.41, 5.74) is 2.87. The molecule has 2 aromatic carbocycles. The number of nitrogens with zero attached hydrogens (tertiary/aromatic N) is 5. The lowest BCUT2D eigenvalue weighted by atomic mass is 10.2. The van der Waals surface area contributed by atoms with Crippen molar-refractivity contribution in [1.29, 1.82) is 0 Å². The summed E-state index contributed by atoms with van der Waals surface area (Å²) in [4.78, 5) is 28.2. The lowest BCUT2D eigenvalue weighted by Gasteiger charge is -2.35. The highest BCUT2D eigenvalue weighted by molar-refractivity contribution is 5.89. The average molecular weight is 518 g/mol. The van der Waals surface area contributed by atoms with E-state index in [4.69, 9.17) is 14.5 Å². The first-order valence-electron chi connectivity index (χ1n) is 13.1.